The molecule has 0 fully saturated rings. The van der Waals surface area contributed by atoms with Crippen LogP contribution in [0.2, 0.25) is 0 Å². The zero-order valence-electron chi connectivity index (χ0n) is 15.9. The number of nitrogens with zero attached hydrogens (tertiary/aromatic N) is 2. The number of hydrogen-bond donors (Lipinski definition) is 1. The molecular formula is C20H19N3O6. The van der Waals surface area contributed by atoms with Crippen molar-refractivity contribution in [1.29, 1.82) is 0 Å². The molecule has 0 aliphatic rings. The van der Waals surface area contributed by atoms with Gasteiger partial charge >= 0.3 is 11.7 Å². The van der Waals surface area contributed by atoms with Crippen molar-refractivity contribution >= 4 is 28.3 Å². The van der Waals surface area contributed by atoms with E-state index in [1.165, 1.54) is 14.1 Å². The lowest BCUT2D eigenvalue weighted by Gasteiger charge is -2.11. The fourth-order valence-electron chi connectivity index (χ4n) is 2.84. The normalized spacial score (nSPS) is 10.7. The summed E-state index contributed by atoms with van der Waals surface area (Å²) in [5, 5.41) is 1.79. The van der Waals surface area contributed by atoms with Gasteiger partial charge in [0.05, 0.1) is 0 Å². The molecule has 2 aromatic carbocycles. The Kier molecular flexibility index (Phi) is 5.49. The molecule has 1 aromatic heterocycles. The summed E-state index contributed by atoms with van der Waals surface area (Å²) in [6, 6.07) is 12.9. The van der Waals surface area contributed by atoms with Crippen LogP contribution in [0.1, 0.15) is 10.4 Å². The number of nitrogens with two attached hydrogens (primary N) is 1. The fourth-order valence-corrected chi connectivity index (χ4v) is 2.84. The number of benzene rings is 2. The standard InChI is InChI=1S/C20H19N3O6/c1-22-18(21)17(19(26)23(2)20(22)27)14(24)10-29-16(25)11-28-15-9-5-7-12-6-3-4-8-13(12)15/h3-9H,10-11,21H2,1-2H3. The molecule has 0 saturated carbocycles. The Morgan fingerprint density at radius 1 is 0.966 bits per heavy atom. The van der Waals surface area contributed by atoms with Crippen molar-refractivity contribution in [3.63, 3.8) is 0 Å². The van der Waals surface area contributed by atoms with Gasteiger partial charge in [-0.1, -0.05) is 36.4 Å². The molecule has 1 heterocycles. The number of nitrogen functional groups attached to an aromatic ring is 1. The summed E-state index contributed by atoms with van der Waals surface area (Å²) in [7, 11) is 2.56. The third kappa shape index (κ3) is 3.88. The number of esters is 1. The number of hydrogen-bond acceptors (Lipinski definition) is 7. The molecule has 3 rings (SSSR count). The third-order valence-electron chi connectivity index (χ3n) is 4.45. The van der Waals surface area contributed by atoms with Gasteiger partial charge in [0, 0.05) is 19.5 Å². The number of anilines is 1. The van der Waals surface area contributed by atoms with E-state index in [0.29, 0.717) is 5.75 Å². The highest BCUT2D eigenvalue weighted by Crippen LogP contribution is 2.25. The van der Waals surface area contributed by atoms with Gasteiger partial charge in [-0.25, -0.2) is 9.59 Å². The van der Waals surface area contributed by atoms with Gasteiger partial charge in [0.25, 0.3) is 5.56 Å². The van der Waals surface area contributed by atoms with E-state index in [9.17, 15) is 19.2 Å². The molecule has 0 amide bonds. The van der Waals surface area contributed by atoms with E-state index >= 15 is 0 Å². The van der Waals surface area contributed by atoms with Gasteiger partial charge in [-0.2, -0.15) is 0 Å². The predicted molar refractivity (Wildman–Crippen MR) is 106 cm³/mol. The number of Topliss-reactive ketones (excluding diaryl/α,β-unsaturated/α-hetero) is 1. The highest BCUT2D eigenvalue weighted by Gasteiger charge is 2.21. The Bertz CT molecular complexity index is 1220. The van der Waals surface area contributed by atoms with Crippen LogP contribution in [0.3, 0.4) is 0 Å². The number of ether oxygens (including phenoxy) is 2. The summed E-state index contributed by atoms with van der Waals surface area (Å²) in [5.74, 6) is -1.38. The van der Waals surface area contributed by atoms with Gasteiger partial charge in [-0.05, 0) is 11.5 Å². The van der Waals surface area contributed by atoms with E-state index in [1.54, 1.807) is 12.1 Å². The summed E-state index contributed by atoms with van der Waals surface area (Å²) in [4.78, 5) is 48.3. The molecule has 0 spiro atoms. The molecule has 0 radical (unpaired) electrons. The summed E-state index contributed by atoms with van der Waals surface area (Å²) in [6.07, 6.45) is 0. The minimum atomic E-state index is -0.848. The maximum atomic E-state index is 12.3. The molecule has 0 aliphatic carbocycles. The molecule has 9 nitrogen and oxygen atoms in total. The SMILES string of the molecule is Cn1c(N)c(C(=O)COC(=O)COc2cccc3ccccc23)c(=O)n(C)c1=O. The summed E-state index contributed by atoms with van der Waals surface area (Å²) in [6.45, 7) is -1.11. The molecule has 29 heavy (non-hydrogen) atoms. The van der Waals surface area contributed by atoms with Crippen LogP contribution < -0.4 is 21.7 Å². The van der Waals surface area contributed by atoms with E-state index in [4.69, 9.17) is 15.2 Å². The first-order valence-corrected chi connectivity index (χ1v) is 8.66. The third-order valence-corrected chi connectivity index (χ3v) is 4.45. The van der Waals surface area contributed by atoms with Crippen molar-refractivity contribution in [2.45, 2.75) is 0 Å². The van der Waals surface area contributed by atoms with Crippen LogP contribution in [-0.2, 0) is 23.6 Å². The van der Waals surface area contributed by atoms with E-state index < -0.39 is 41.8 Å². The number of rotatable bonds is 6. The molecular weight excluding hydrogens is 378 g/mol. The van der Waals surface area contributed by atoms with E-state index in [-0.39, 0.29) is 5.82 Å². The lowest BCUT2D eigenvalue weighted by atomic mass is 10.1. The van der Waals surface area contributed by atoms with Crippen LogP contribution in [0.25, 0.3) is 10.8 Å². The van der Waals surface area contributed by atoms with E-state index in [2.05, 4.69) is 0 Å². The summed E-state index contributed by atoms with van der Waals surface area (Å²) >= 11 is 0. The first-order chi connectivity index (χ1) is 13.8. The van der Waals surface area contributed by atoms with Gasteiger partial charge in [-0.15, -0.1) is 0 Å². The molecule has 2 N–H and O–H groups in total. The summed E-state index contributed by atoms with van der Waals surface area (Å²) < 4.78 is 12.1. The second-order valence-electron chi connectivity index (χ2n) is 6.32. The summed E-state index contributed by atoms with van der Waals surface area (Å²) in [5.41, 5.74) is 3.80. The fraction of sp³-hybridized carbons (Fsp3) is 0.200. The average molecular weight is 397 g/mol. The quantitative estimate of drug-likeness (QED) is 0.478. The molecule has 0 saturated heterocycles. The zero-order valence-corrected chi connectivity index (χ0v) is 15.9. The topological polar surface area (TPSA) is 123 Å². The molecule has 0 unspecified atom stereocenters. The molecule has 150 valence electrons. The molecule has 3 aromatic rings. The van der Waals surface area contributed by atoms with Crippen molar-refractivity contribution in [3.05, 3.63) is 68.9 Å². The monoisotopic (exact) mass is 397 g/mol. The highest BCUT2D eigenvalue weighted by molar-refractivity contribution is 6.01. The second kappa shape index (κ2) is 8.01. The van der Waals surface area contributed by atoms with Gasteiger partial charge in [0.15, 0.2) is 13.2 Å². The molecule has 9 heteroatoms. The van der Waals surface area contributed by atoms with Crippen molar-refractivity contribution in [1.82, 2.24) is 9.13 Å². The highest BCUT2D eigenvalue weighted by atomic mass is 16.6. The Morgan fingerprint density at radius 3 is 2.41 bits per heavy atom. The maximum Gasteiger partial charge on any atom is 0.344 e. The van der Waals surface area contributed by atoms with Gasteiger partial charge in [0.2, 0.25) is 5.78 Å². The minimum Gasteiger partial charge on any atom is -0.481 e. The number of carbonyl (C=O) groups excluding carboxylic acids is 2. The second-order valence-corrected chi connectivity index (χ2v) is 6.32. The first-order valence-electron chi connectivity index (χ1n) is 8.66. The predicted octanol–water partition coefficient (Wildman–Crippen LogP) is 0.624. The zero-order chi connectivity index (χ0) is 21.1. The molecule has 0 atom stereocenters. The van der Waals surface area contributed by atoms with Crippen LogP contribution in [0.4, 0.5) is 5.82 Å². The Morgan fingerprint density at radius 2 is 1.66 bits per heavy atom. The number of carbonyl (C=O) groups is 2. The van der Waals surface area contributed by atoms with Crippen molar-refractivity contribution in [2.24, 2.45) is 14.1 Å². The molecule has 0 aliphatic heterocycles. The van der Waals surface area contributed by atoms with Crippen LogP contribution >= 0.6 is 0 Å². The van der Waals surface area contributed by atoms with Crippen molar-refractivity contribution in [2.75, 3.05) is 18.9 Å². The lowest BCUT2D eigenvalue weighted by molar-refractivity contribution is -0.144. The van der Waals surface area contributed by atoms with Crippen LogP contribution in [-0.4, -0.2) is 34.1 Å². The van der Waals surface area contributed by atoms with Crippen LogP contribution in [0.5, 0.6) is 5.75 Å². The Labute approximate surface area is 164 Å². The first kappa shape index (κ1) is 19.9. The van der Waals surface area contributed by atoms with Crippen molar-refractivity contribution < 1.29 is 19.1 Å². The number of ketones is 1. The Balaban J connectivity index is 1.66. The van der Waals surface area contributed by atoms with Gasteiger partial charge < -0.3 is 15.2 Å². The van der Waals surface area contributed by atoms with Crippen LogP contribution in [0, 0.1) is 0 Å². The van der Waals surface area contributed by atoms with Crippen molar-refractivity contribution in [3.8, 4) is 5.75 Å². The van der Waals surface area contributed by atoms with E-state index in [0.717, 1.165) is 19.9 Å². The van der Waals surface area contributed by atoms with Crippen LogP contribution in [0.15, 0.2) is 52.1 Å². The number of aromatic nitrogens is 2. The maximum absolute atomic E-state index is 12.3. The smallest absolute Gasteiger partial charge is 0.344 e. The van der Waals surface area contributed by atoms with Gasteiger partial charge in [0.1, 0.15) is 17.1 Å². The number of fused-ring (bicyclic) bond motifs is 1. The average Bonchev–Trinajstić information content (AvgIpc) is 2.73. The Hall–Kier alpha value is -3.88. The van der Waals surface area contributed by atoms with Gasteiger partial charge in [-0.3, -0.25) is 18.7 Å². The lowest BCUT2D eigenvalue weighted by Crippen LogP contribution is -2.42. The minimum absolute atomic E-state index is 0.286. The van der Waals surface area contributed by atoms with E-state index in [1.807, 2.05) is 30.3 Å². The molecule has 0 bridgehead atoms. The largest absolute Gasteiger partial charge is 0.481 e.